The first-order chi connectivity index (χ1) is 13.5. The van der Waals surface area contributed by atoms with E-state index in [-0.39, 0.29) is 5.92 Å². The molecule has 3 nitrogen and oxygen atoms in total. The summed E-state index contributed by atoms with van der Waals surface area (Å²) in [5.41, 5.74) is 0.867. The normalized spacial score (nSPS) is 23.7. The minimum absolute atomic E-state index is 0.132. The minimum Gasteiger partial charge on any atom is -0.497 e. The second kappa shape index (κ2) is 8.24. The van der Waals surface area contributed by atoms with Crippen LogP contribution >= 0.6 is 0 Å². The van der Waals surface area contributed by atoms with Crippen LogP contribution in [-0.4, -0.2) is 36.9 Å². The largest absolute Gasteiger partial charge is 0.497 e. The van der Waals surface area contributed by atoms with E-state index in [1.807, 2.05) is 18.2 Å². The van der Waals surface area contributed by atoms with Crippen molar-refractivity contribution in [2.75, 3.05) is 20.2 Å². The van der Waals surface area contributed by atoms with Gasteiger partial charge >= 0.3 is 0 Å². The first kappa shape index (κ1) is 19.4. The van der Waals surface area contributed by atoms with Gasteiger partial charge in [0.25, 0.3) is 0 Å². The van der Waals surface area contributed by atoms with E-state index >= 15 is 0 Å². The van der Waals surface area contributed by atoms with Crippen molar-refractivity contribution >= 4 is 16.6 Å². The van der Waals surface area contributed by atoms with Crippen molar-refractivity contribution in [2.45, 2.75) is 52.0 Å². The molecule has 2 aliphatic rings. The molecule has 2 aromatic rings. The van der Waals surface area contributed by atoms with Crippen molar-refractivity contribution in [1.29, 1.82) is 0 Å². The molecule has 0 unspecified atom stereocenters. The Bertz CT molecular complexity index is 840. The Morgan fingerprint density at radius 2 is 1.86 bits per heavy atom. The summed E-state index contributed by atoms with van der Waals surface area (Å²) in [5, 5.41) is 2.23. The Balaban J connectivity index is 1.59. The fourth-order valence-corrected chi connectivity index (χ4v) is 5.01. The first-order valence-corrected chi connectivity index (χ1v) is 10.9. The van der Waals surface area contributed by atoms with Gasteiger partial charge in [-0.1, -0.05) is 38.5 Å². The smallest absolute Gasteiger partial charge is 0.167 e. The molecule has 0 aromatic heterocycles. The highest BCUT2D eigenvalue weighted by molar-refractivity contribution is 6.01. The molecule has 0 spiro atoms. The standard InChI is InChI=1S/C25H33NO2/c1-17(2)13-20-11-12-26(22-5-4-6-22)16-24(20)25(27)21-8-7-19-15-23(28-3)10-9-18(19)14-21/h7-10,14-15,17,20,22,24H,4-6,11-13,16H2,1-3H3/t20-,24-/m1/s1. The molecule has 1 saturated heterocycles. The van der Waals surface area contributed by atoms with Crippen molar-refractivity contribution in [1.82, 2.24) is 4.90 Å². The van der Waals surface area contributed by atoms with Gasteiger partial charge in [0.1, 0.15) is 5.75 Å². The van der Waals surface area contributed by atoms with E-state index in [2.05, 4.69) is 36.9 Å². The predicted molar refractivity (Wildman–Crippen MR) is 115 cm³/mol. The summed E-state index contributed by atoms with van der Waals surface area (Å²) in [4.78, 5) is 16.2. The third-order valence-corrected chi connectivity index (χ3v) is 6.82. The number of methoxy groups -OCH3 is 1. The molecular weight excluding hydrogens is 346 g/mol. The maximum absolute atomic E-state index is 13.6. The van der Waals surface area contributed by atoms with Gasteiger partial charge < -0.3 is 4.74 Å². The molecule has 2 fully saturated rings. The molecule has 1 aliphatic heterocycles. The SMILES string of the molecule is COc1ccc2cc(C(=O)[C@@H]3CN(C4CCC4)CC[C@@H]3CC(C)C)ccc2c1. The number of carbonyl (C=O) groups is 1. The maximum Gasteiger partial charge on any atom is 0.167 e. The second-order valence-corrected chi connectivity index (χ2v) is 9.16. The number of ketones is 1. The van der Waals surface area contributed by atoms with Crippen LogP contribution in [-0.2, 0) is 0 Å². The van der Waals surface area contributed by atoms with Gasteiger partial charge in [0, 0.05) is 24.1 Å². The molecule has 0 radical (unpaired) electrons. The van der Waals surface area contributed by atoms with E-state index in [1.54, 1.807) is 7.11 Å². The van der Waals surface area contributed by atoms with Crippen molar-refractivity contribution in [3.05, 3.63) is 42.0 Å². The van der Waals surface area contributed by atoms with Crippen molar-refractivity contribution in [2.24, 2.45) is 17.8 Å². The topological polar surface area (TPSA) is 29.5 Å². The highest BCUT2D eigenvalue weighted by Crippen LogP contribution is 2.36. The fraction of sp³-hybridized carbons (Fsp3) is 0.560. The molecule has 0 N–H and O–H groups in total. The quantitative estimate of drug-likeness (QED) is 0.615. The number of nitrogens with zero attached hydrogens (tertiary/aromatic N) is 1. The molecule has 3 heteroatoms. The number of ether oxygens (including phenoxy) is 1. The van der Waals surface area contributed by atoms with E-state index < -0.39 is 0 Å². The summed E-state index contributed by atoms with van der Waals surface area (Å²) in [6.45, 7) is 6.68. The number of piperidine rings is 1. The van der Waals surface area contributed by atoms with Gasteiger partial charge in [-0.25, -0.2) is 0 Å². The van der Waals surface area contributed by atoms with E-state index in [1.165, 1.54) is 25.8 Å². The summed E-state index contributed by atoms with van der Waals surface area (Å²) in [6, 6.07) is 12.9. The number of carbonyl (C=O) groups excluding carboxylic acids is 1. The number of rotatable bonds is 6. The lowest BCUT2D eigenvalue weighted by atomic mass is 9.75. The van der Waals surface area contributed by atoms with Crippen LogP contribution in [0.4, 0.5) is 0 Å². The number of likely N-dealkylation sites (tertiary alicyclic amines) is 1. The summed E-state index contributed by atoms with van der Waals surface area (Å²) in [7, 11) is 1.69. The Labute approximate surface area is 169 Å². The van der Waals surface area contributed by atoms with Crippen LogP contribution in [0.5, 0.6) is 5.75 Å². The second-order valence-electron chi connectivity index (χ2n) is 9.16. The molecule has 0 amide bonds. The molecule has 1 heterocycles. The number of fused-ring (bicyclic) bond motifs is 1. The number of hydrogen-bond donors (Lipinski definition) is 0. The van der Waals surface area contributed by atoms with Crippen LogP contribution in [0.3, 0.4) is 0 Å². The lowest BCUT2D eigenvalue weighted by molar-refractivity contribution is 0.0365. The molecule has 1 aliphatic carbocycles. The van der Waals surface area contributed by atoms with Gasteiger partial charge in [-0.05, 0) is 73.0 Å². The Morgan fingerprint density at radius 3 is 2.54 bits per heavy atom. The molecule has 150 valence electrons. The Kier molecular flexibility index (Phi) is 5.73. The zero-order valence-electron chi connectivity index (χ0n) is 17.5. The lowest BCUT2D eigenvalue weighted by Crippen LogP contribution is -2.50. The minimum atomic E-state index is 0.132. The van der Waals surface area contributed by atoms with Crippen molar-refractivity contribution < 1.29 is 9.53 Å². The number of hydrogen-bond acceptors (Lipinski definition) is 3. The van der Waals surface area contributed by atoms with E-state index in [0.717, 1.165) is 47.5 Å². The molecule has 1 saturated carbocycles. The summed E-state index contributed by atoms with van der Waals surface area (Å²) in [6.07, 6.45) is 6.29. The third-order valence-electron chi connectivity index (χ3n) is 6.82. The fourth-order valence-electron chi connectivity index (χ4n) is 5.01. The summed E-state index contributed by atoms with van der Waals surface area (Å²) < 4.78 is 5.32. The van der Waals surface area contributed by atoms with Crippen LogP contribution in [0.25, 0.3) is 10.8 Å². The van der Waals surface area contributed by atoms with Crippen molar-refractivity contribution in [3.8, 4) is 5.75 Å². The first-order valence-electron chi connectivity index (χ1n) is 10.9. The summed E-state index contributed by atoms with van der Waals surface area (Å²) in [5.74, 6) is 2.47. The maximum atomic E-state index is 13.6. The summed E-state index contributed by atoms with van der Waals surface area (Å²) >= 11 is 0. The van der Waals surface area contributed by atoms with Crippen LogP contribution < -0.4 is 4.74 Å². The highest BCUT2D eigenvalue weighted by atomic mass is 16.5. The molecule has 2 aromatic carbocycles. The van der Waals surface area contributed by atoms with Crippen LogP contribution in [0, 0.1) is 17.8 Å². The van der Waals surface area contributed by atoms with Gasteiger partial charge in [0.15, 0.2) is 5.78 Å². The van der Waals surface area contributed by atoms with Crippen LogP contribution in [0.2, 0.25) is 0 Å². The van der Waals surface area contributed by atoms with Gasteiger partial charge in [-0.2, -0.15) is 0 Å². The number of benzene rings is 2. The molecular formula is C25H33NO2. The Morgan fingerprint density at radius 1 is 1.11 bits per heavy atom. The lowest BCUT2D eigenvalue weighted by Gasteiger charge is -2.45. The van der Waals surface area contributed by atoms with E-state index in [9.17, 15) is 4.79 Å². The van der Waals surface area contributed by atoms with E-state index in [4.69, 9.17) is 4.74 Å². The average molecular weight is 380 g/mol. The zero-order chi connectivity index (χ0) is 19.7. The van der Waals surface area contributed by atoms with Gasteiger partial charge in [-0.3, -0.25) is 9.69 Å². The van der Waals surface area contributed by atoms with Crippen molar-refractivity contribution in [3.63, 3.8) is 0 Å². The predicted octanol–water partition coefficient (Wildman–Crippen LogP) is 5.57. The van der Waals surface area contributed by atoms with Crippen LogP contribution in [0.1, 0.15) is 56.3 Å². The van der Waals surface area contributed by atoms with Gasteiger partial charge in [0.2, 0.25) is 0 Å². The Hall–Kier alpha value is -1.87. The third kappa shape index (κ3) is 3.96. The zero-order valence-corrected chi connectivity index (χ0v) is 17.5. The molecule has 4 rings (SSSR count). The van der Waals surface area contributed by atoms with Gasteiger partial charge in [0.05, 0.1) is 7.11 Å². The van der Waals surface area contributed by atoms with E-state index in [0.29, 0.717) is 17.6 Å². The average Bonchev–Trinajstić information content (AvgIpc) is 2.66. The molecule has 28 heavy (non-hydrogen) atoms. The highest BCUT2D eigenvalue weighted by Gasteiger charge is 2.38. The molecule has 0 bridgehead atoms. The monoisotopic (exact) mass is 379 g/mol. The van der Waals surface area contributed by atoms with Crippen LogP contribution in [0.15, 0.2) is 36.4 Å². The van der Waals surface area contributed by atoms with Gasteiger partial charge in [-0.15, -0.1) is 0 Å². The molecule has 2 atom stereocenters. The number of Topliss-reactive ketones (excluding diaryl/α,β-unsaturated/α-hetero) is 1.